The highest BCUT2D eigenvalue weighted by molar-refractivity contribution is 5.93. The summed E-state index contributed by atoms with van der Waals surface area (Å²) in [7, 11) is 1.81. The van der Waals surface area contributed by atoms with Crippen LogP contribution in [0.2, 0.25) is 0 Å². The molecule has 0 aliphatic heterocycles. The minimum absolute atomic E-state index is 0.0112. The Labute approximate surface area is 147 Å². The van der Waals surface area contributed by atoms with E-state index in [0.29, 0.717) is 18.8 Å². The molecule has 0 saturated heterocycles. The second-order valence-corrected chi connectivity index (χ2v) is 5.99. The van der Waals surface area contributed by atoms with Gasteiger partial charge < -0.3 is 4.90 Å². The Balaban J connectivity index is 1.86. The maximum Gasteiger partial charge on any atom is 0.272 e. The van der Waals surface area contributed by atoms with E-state index in [2.05, 4.69) is 17.0 Å². The lowest BCUT2D eigenvalue weighted by Gasteiger charge is -2.22. The van der Waals surface area contributed by atoms with Crippen molar-refractivity contribution in [3.63, 3.8) is 0 Å². The van der Waals surface area contributed by atoms with Crippen LogP contribution in [0.3, 0.4) is 0 Å². The van der Waals surface area contributed by atoms with E-state index >= 15 is 0 Å². The van der Waals surface area contributed by atoms with Gasteiger partial charge in [-0.1, -0.05) is 43.3 Å². The fraction of sp³-hybridized carbons (Fsp3) is 0.250. The molecular formula is C20H22N4O. The number of aryl methyl sites for hydroxylation is 1. The quantitative estimate of drug-likeness (QED) is 0.693. The van der Waals surface area contributed by atoms with E-state index in [4.69, 9.17) is 0 Å². The first-order valence-corrected chi connectivity index (χ1v) is 8.46. The van der Waals surface area contributed by atoms with Gasteiger partial charge in [0.15, 0.2) is 0 Å². The van der Waals surface area contributed by atoms with Gasteiger partial charge in [-0.25, -0.2) is 0 Å². The van der Waals surface area contributed by atoms with Crippen LogP contribution >= 0.6 is 0 Å². The van der Waals surface area contributed by atoms with Gasteiger partial charge in [-0.15, -0.1) is 0 Å². The summed E-state index contributed by atoms with van der Waals surface area (Å²) in [5.74, 6) is -0.0112. The van der Waals surface area contributed by atoms with E-state index in [1.807, 2.05) is 60.5 Å². The third-order valence-corrected chi connectivity index (χ3v) is 4.05. The number of carbonyl (C=O) groups excluding carboxylic acids is 1. The number of hydrogen-bond acceptors (Lipinski definition) is 3. The van der Waals surface area contributed by atoms with Crippen molar-refractivity contribution in [3.8, 4) is 11.3 Å². The lowest BCUT2D eigenvalue weighted by molar-refractivity contribution is 0.0732. The molecule has 3 aromatic rings. The number of carbonyl (C=O) groups is 1. The topological polar surface area (TPSA) is 51.0 Å². The standard InChI is InChI=1S/C20H22N4O/c1-3-12-24(15-16-8-7-11-21-14-16)20(25)19-13-18(22-23(19)2)17-9-5-4-6-10-17/h4-11,13-14H,3,12,15H2,1-2H3. The van der Waals surface area contributed by atoms with E-state index in [-0.39, 0.29) is 5.91 Å². The second kappa shape index (κ2) is 7.75. The van der Waals surface area contributed by atoms with Crippen LogP contribution < -0.4 is 0 Å². The van der Waals surface area contributed by atoms with Crippen LogP contribution in [-0.2, 0) is 13.6 Å². The summed E-state index contributed by atoms with van der Waals surface area (Å²) in [6, 6.07) is 15.6. The van der Waals surface area contributed by atoms with E-state index in [1.54, 1.807) is 17.1 Å². The summed E-state index contributed by atoms with van der Waals surface area (Å²) in [6.07, 6.45) is 4.44. The molecule has 1 amide bonds. The average molecular weight is 334 g/mol. The summed E-state index contributed by atoms with van der Waals surface area (Å²) in [5.41, 5.74) is 3.43. The second-order valence-electron chi connectivity index (χ2n) is 5.99. The molecule has 0 unspecified atom stereocenters. The fourth-order valence-electron chi connectivity index (χ4n) is 2.81. The van der Waals surface area contributed by atoms with Crippen molar-refractivity contribution in [2.24, 2.45) is 7.05 Å². The van der Waals surface area contributed by atoms with Gasteiger partial charge in [-0.05, 0) is 24.1 Å². The molecule has 0 fully saturated rings. The lowest BCUT2D eigenvalue weighted by Crippen LogP contribution is -2.32. The first-order valence-electron chi connectivity index (χ1n) is 8.46. The zero-order valence-electron chi connectivity index (χ0n) is 14.6. The van der Waals surface area contributed by atoms with Crippen molar-refractivity contribution in [1.82, 2.24) is 19.7 Å². The molecule has 0 spiro atoms. The molecule has 0 saturated carbocycles. The zero-order chi connectivity index (χ0) is 17.6. The lowest BCUT2D eigenvalue weighted by atomic mass is 10.1. The Morgan fingerprint density at radius 3 is 2.64 bits per heavy atom. The predicted octanol–water partition coefficient (Wildman–Crippen LogP) is 3.53. The molecule has 128 valence electrons. The van der Waals surface area contributed by atoms with Crippen molar-refractivity contribution in [3.05, 3.63) is 72.2 Å². The van der Waals surface area contributed by atoms with Crippen molar-refractivity contribution in [2.45, 2.75) is 19.9 Å². The monoisotopic (exact) mass is 334 g/mol. The highest BCUT2D eigenvalue weighted by Crippen LogP contribution is 2.20. The average Bonchev–Trinajstić information content (AvgIpc) is 3.04. The van der Waals surface area contributed by atoms with Gasteiger partial charge in [0, 0.05) is 38.1 Å². The molecular weight excluding hydrogens is 312 g/mol. The third-order valence-electron chi connectivity index (χ3n) is 4.05. The number of benzene rings is 1. The van der Waals surface area contributed by atoms with Crippen LogP contribution in [0.5, 0.6) is 0 Å². The molecule has 5 heteroatoms. The Morgan fingerprint density at radius 1 is 1.16 bits per heavy atom. The Hall–Kier alpha value is -2.95. The highest BCUT2D eigenvalue weighted by atomic mass is 16.2. The summed E-state index contributed by atoms with van der Waals surface area (Å²) in [6.45, 7) is 3.31. The van der Waals surface area contributed by atoms with Crippen LogP contribution in [-0.4, -0.2) is 32.1 Å². The van der Waals surface area contributed by atoms with Gasteiger partial charge in [0.2, 0.25) is 0 Å². The van der Waals surface area contributed by atoms with Gasteiger partial charge in [0.1, 0.15) is 5.69 Å². The molecule has 0 aliphatic carbocycles. The number of hydrogen-bond donors (Lipinski definition) is 0. The van der Waals surface area contributed by atoms with Crippen LogP contribution in [0.1, 0.15) is 29.4 Å². The number of rotatable bonds is 6. The minimum atomic E-state index is -0.0112. The van der Waals surface area contributed by atoms with Crippen molar-refractivity contribution >= 4 is 5.91 Å². The van der Waals surface area contributed by atoms with Gasteiger partial charge >= 0.3 is 0 Å². The number of pyridine rings is 1. The molecule has 2 heterocycles. The van der Waals surface area contributed by atoms with E-state index in [0.717, 1.165) is 23.2 Å². The van der Waals surface area contributed by atoms with Crippen molar-refractivity contribution in [1.29, 1.82) is 0 Å². The predicted molar refractivity (Wildman–Crippen MR) is 97.9 cm³/mol. The Kier molecular flexibility index (Phi) is 5.23. The largest absolute Gasteiger partial charge is 0.333 e. The van der Waals surface area contributed by atoms with Gasteiger partial charge in [-0.3, -0.25) is 14.5 Å². The van der Waals surface area contributed by atoms with Crippen molar-refractivity contribution in [2.75, 3.05) is 6.54 Å². The van der Waals surface area contributed by atoms with Crippen LogP contribution in [0.15, 0.2) is 60.9 Å². The molecule has 0 radical (unpaired) electrons. The molecule has 3 rings (SSSR count). The van der Waals surface area contributed by atoms with Crippen molar-refractivity contribution < 1.29 is 4.79 Å². The maximum absolute atomic E-state index is 13.0. The van der Waals surface area contributed by atoms with E-state index in [1.165, 1.54) is 0 Å². The molecule has 5 nitrogen and oxygen atoms in total. The Morgan fingerprint density at radius 2 is 1.96 bits per heavy atom. The van der Waals surface area contributed by atoms with E-state index < -0.39 is 0 Å². The molecule has 0 aliphatic rings. The molecule has 0 N–H and O–H groups in total. The third kappa shape index (κ3) is 3.94. The molecule has 1 aromatic carbocycles. The Bertz CT molecular complexity index is 827. The first kappa shape index (κ1) is 16.9. The normalized spacial score (nSPS) is 10.6. The molecule has 0 atom stereocenters. The summed E-state index contributed by atoms with van der Waals surface area (Å²) >= 11 is 0. The smallest absolute Gasteiger partial charge is 0.272 e. The highest BCUT2D eigenvalue weighted by Gasteiger charge is 2.20. The minimum Gasteiger partial charge on any atom is -0.333 e. The van der Waals surface area contributed by atoms with Crippen LogP contribution in [0, 0.1) is 0 Å². The van der Waals surface area contributed by atoms with Gasteiger partial charge in [0.05, 0.1) is 5.69 Å². The molecule has 2 aromatic heterocycles. The SMILES string of the molecule is CCCN(Cc1cccnc1)C(=O)c1cc(-c2ccccc2)nn1C. The van der Waals surface area contributed by atoms with Gasteiger partial charge in [-0.2, -0.15) is 5.10 Å². The first-order chi connectivity index (χ1) is 12.2. The van der Waals surface area contributed by atoms with Crippen LogP contribution in [0.25, 0.3) is 11.3 Å². The molecule has 25 heavy (non-hydrogen) atoms. The van der Waals surface area contributed by atoms with E-state index in [9.17, 15) is 4.79 Å². The van der Waals surface area contributed by atoms with Gasteiger partial charge in [0.25, 0.3) is 5.91 Å². The maximum atomic E-state index is 13.0. The summed E-state index contributed by atoms with van der Waals surface area (Å²) in [5, 5.41) is 4.51. The van der Waals surface area contributed by atoms with Crippen LogP contribution in [0.4, 0.5) is 0 Å². The fourth-order valence-corrected chi connectivity index (χ4v) is 2.81. The summed E-state index contributed by atoms with van der Waals surface area (Å²) < 4.78 is 1.66. The zero-order valence-corrected chi connectivity index (χ0v) is 14.6. The molecule has 0 bridgehead atoms. The number of aromatic nitrogens is 3. The summed E-state index contributed by atoms with van der Waals surface area (Å²) in [4.78, 5) is 19.0. The number of amides is 1. The number of nitrogens with zero attached hydrogens (tertiary/aromatic N) is 4.